The Kier molecular flexibility index (Phi) is 5.99. The van der Waals surface area contributed by atoms with Gasteiger partial charge in [-0.25, -0.2) is 0 Å². The number of aromatic nitrogens is 2. The Bertz CT molecular complexity index is 629. The van der Waals surface area contributed by atoms with Crippen molar-refractivity contribution in [3.8, 4) is 0 Å². The summed E-state index contributed by atoms with van der Waals surface area (Å²) in [5.41, 5.74) is 1.48. The Morgan fingerprint density at radius 1 is 1.27 bits per heavy atom. The second-order valence-electron chi connectivity index (χ2n) is 7.86. The molecule has 0 N–H and O–H groups in total. The zero-order valence-corrected chi connectivity index (χ0v) is 16.2. The standard InChI is InChI=1S/C20H31N3O3/c1-4-26-20(25)17-11-16(17)13-23(12-15-8-6-5-7-9-15)19(24)18-10-14(2)22(3)21-18/h10,15-17H,4-9,11-13H2,1-3H3/t16-,17+/m1/s1. The fraction of sp³-hybridized carbons (Fsp3) is 0.750. The van der Waals surface area contributed by atoms with Gasteiger partial charge < -0.3 is 9.64 Å². The van der Waals surface area contributed by atoms with Gasteiger partial charge in [0, 0.05) is 25.8 Å². The number of nitrogens with zero attached hydrogens (tertiary/aromatic N) is 3. The van der Waals surface area contributed by atoms with E-state index < -0.39 is 0 Å². The number of rotatable bonds is 7. The van der Waals surface area contributed by atoms with Crippen molar-refractivity contribution in [1.82, 2.24) is 14.7 Å². The molecular formula is C20H31N3O3. The zero-order chi connectivity index (χ0) is 18.7. The van der Waals surface area contributed by atoms with Crippen molar-refractivity contribution in [3.05, 3.63) is 17.5 Å². The fourth-order valence-corrected chi connectivity index (χ4v) is 4.02. The molecule has 6 nitrogen and oxygen atoms in total. The van der Waals surface area contributed by atoms with Crippen molar-refractivity contribution in [2.24, 2.45) is 24.8 Å². The third-order valence-corrected chi connectivity index (χ3v) is 5.79. The Morgan fingerprint density at radius 3 is 2.62 bits per heavy atom. The number of hydrogen-bond donors (Lipinski definition) is 0. The van der Waals surface area contributed by atoms with Gasteiger partial charge in [-0.15, -0.1) is 0 Å². The van der Waals surface area contributed by atoms with Crippen molar-refractivity contribution in [2.75, 3.05) is 19.7 Å². The van der Waals surface area contributed by atoms with Gasteiger partial charge >= 0.3 is 5.97 Å². The van der Waals surface area contributed by atoms with E-state index in [0.717, 1.165) is 18.7 Å². The van der Waals surface area contributed by atoms with E-state index in [0.29, 0.717) is 24.8 Å². The van der Waals surface area contributed by atoms with E-state index in [1.165, 1.54) is 32.1 Å². The largest absolute Gasteiger partial charge is 0.466 e. The van der Waals surface area contributed by atoms with Gasteiger partial charge in [0.1, 0.15) is 0 Å². The highest BCUT2D eigenvalue weighted by Gasteiger charge is 2.45. The molecule has 0 saturated heterocycles. The summed E-state index contributed by atoms with van der Waals surface area (Å²) in [6.07, 6.45) is 7.02. The molecule has 0 aliphatic heterocycles. The summed E-state index contributed by atoms with van der Waals surface area (Å²) < 4.78 is 6.87. The van der Waals surface area contributed by atoms with Gasteiger partial charge in [0.05, 0.1) is 12.5 Å². The minimum absolute atomic E-state index is 0.00576. The van der Waals surface area contributed by atoms with Gasteiger partial charge in [-0.1, -0.05) is 19.3 Å². The second kappa shape index (κ2) is 8.23. The van der Waals surface area contributed by atoms with E-state index in [1.807, 2.05) is 31.9 Å². The lowest BCUT2D eigenvalue weighted by molar-refractivity contribution is -0.145. The molecule has 2 aliphatic carbocycles. The summed E-state index contributed by atoms with van der Waals surface area (Å²) in [6.45, 7) is 5.61. The van der Waals surface area contributed by atoms with Crippen LogP contribution >= 0.6 is 0 Å². The molecule has 1 amide bonds. The molecule has 2 saturated carbocycles. The first-order valence-corrected chi connectivity index (χ1v) is 9.96. The van der Waals surface area contributed by atoms with Gasteiger partial charge in [-0.3, -0.25) is 14.3 Å². The van der Waals surface area contributed by atoms with Gasteiger partial charge in [-0.05, 0) is 51.0 Å². The lowest BCUT2D eigenvalue weighted by atomic mass is 9.89. The second-order valence-corrected chi connectivity index (χ2v) is 7.86. The van der Waals surface area contributed by atoms with E-state index in [4.69, 9.17) is 4.74 Å². The van der Waals surface area contributed by atoms with Crippen LogP contribution in [-0.2, 0) is 16.6 Å². The first-order chi connectivity index (χ1) is 12.5. The third-order valence-electron chi connectivity index (χ3n) is 5.79. The van der Waals surface area contributed by atoms with Gasteiger partial charge in [0.25, 0.3) is 5.91 Å². The number of amides is 1. The summed E-state index contributed by atoms with van der Waals surface area (Å²) in [7, 11) is 1.86. The highest BCUT2D eigenvalue weighted by atomic mass is 16.5. The zero-order valence-electron chi connectivity index (χ0n) is 16.2. The molecule has 0 radical (unpaired) electrons. The van der Waals surface area contributed by atoms with Crippen molar-refractivity contribution in [3.63, 3.8) is 0 Å². The maximum absolute atomic E-state index is 13.1. The quantitative estimate of drug-likeness (QED) is 0.701. The van der Waals surface area contributed by atoms with Gasteiger partial charge in [0.15, 0.2) is 5.69 Å². The molecule has 26 heavy (non-hydrogen) atoms. The average Bonchev–Trinajstić information content (AvgIpc) is 3.32. The molecule has 3 rings (SSSR count). The van der Waals surface area contributed by atoms with Crippen molar-refractivity contribution in [2.45, 2.75) is 52.4 Å². The normalized spacial score (nSPS) is 22.9. The fourth-order valence-electron chi connectivity index (χ4n) is 4.02. The molecule has 1 heterocycles. The van der Waals surface area contributed by atoms with Crippen LogP contribution in [0.25, 0.3) is 0 Å². The Balaban J connectivity index is 1.67. The molecular weight excluding hydrogens is 330 g/mol. The van der Waals surface area contributed by atoms with Crippen LogP contribution in [0.15, 0.2) is 6.07 Å². The first-order valence-electron chi connectivity index (χ1n) is 9.96. The van der Waals surface area contributed by atoms with Crippen molar-refractivity contribution in [1.29, 1.82) is 0 Å². The molecule has 0 aromatic carbocycles. The lowest BCUT2D eigenvalue weighted by Crippen LogP contribution is -2.38. The number of carbonyl (C=O) groups is 2. The molecule has 2 aliphatic rings. The van der Waals surface area contributed by atoms with E-state index in [9.17, 15) is 9.59 Å². The Hall–Kier alpha value is -1.85. The molecule has 0 bridgehead atoms. The van der Waals surface area contributed by atoms with Crippen LogP contribution in [0.2, 0.25) is 0 Å². The maximum atomic E-state index is 13.1. The highest BCUT2D eigenvalue weighted by Crippen LogP contribution is 2.40. The molecule has 1 aromatic rings. The summed E-state index contributed by atoms with van der Waals surface area (Å²) in [5.74, 6) is 0.635. The van der Waals surface area contributed by atoms with Crippen LogP contribution in [0.5, 0.6) is 0 Å². The van der Waals surface area contributed by atoms with Gasteiger partial charge in [-0.2, -0.15) is 5.10 Å². The van der Waals surface area contributed by atoms with Crippen LogP contribution in [0, 0.1) is 24.7 Å². The highest BCUT2D eigenvalue weighted by molar-refractivity contribution is 5.92. The van der Waals surface area contributed by atoms with Crippen LogP contribution in [0.3, 0.4) is 0 Å². The van der Waals surface area contributed by atoms with Crippen LogP contribution in [-0.4, -0.2) is 46.3 Å². The summed E-state index contributed by atoms with van der Waals surface area (Å²) >= 11 is 0. The smallest absolute Gasteiger partial charge is 0.309 e. The molecule has 0 spiro atoms. The SMILES string of the molecule is CCOC(=O)[C@H]1C[C@@H]1CN(CC1CCCCC1)C(=O)c1cc(C)n(C)n1. The monoisotopic (exact) mass is 361 g/mol. The number of esters is 1. The lowest BCUT2D eigenvalue weighted by Gasteiger charge is -2.29. The van der Waals surface area contributed by atoms with Crippen LogP contribution in [0.4, 0.5) is 0 Å². The van der Waals surface area contributed by atoms with Crippen molar-refractivity contribution >= 4 is 11.9 Å². The van der Waals surface area contributed by atoms with Gasteiger partial charge in [0.2, 0.25) is 0 Å². The average molecular weight is 361 g/mol. The number of carbonyl (C=O) groups excluding carboxylic acids is 2. The molecule has 0 unspecified atom stereocenters. The Morgan fingerprint density at radius 2 is 2.00 bits per heavy atom. The number of aryl methyl sites for hydroxylation is 2. The van der Waals surface area contributed by atoms with Crippen LogP contribution < -0.4 is 0 Å². The first kappa shape index (κ1) is 18.9. The summed E-state index contributed by atoms with van der Waals surface area (Å²) in [5, 5.41) is 4.37. The topological polar surface area (TPSA) is 64.4 Å². The van der Waals surface area contributed by atoms with E-state index in [2.05, 4.69) is 5.10 Å². The summed E-state index contributed by atoms with van der Waals surface area (Å²) in [4.78, 5) is 27.0. The van der Waals surface area contributed by atoms with Crippen molar-refractivity contribution < 1.29 is 14.3 Å². The predicted octanol–water partition coefficient (Wildman–Crippen LogP) is 2.95. The molecule has 144 valence electrons. The minimum atomic E-state index is -0.115. The van der Waals surface area contributed by atoms with E-state index >= 15 is 0 Å². The van der Waals surface area contributed by atoms with E-state index in [-0.39, 0.29) is 23.7 Å². The molecule has 2 atom stereocenters. The summed E-state index contributed by atoms with van der Waals surface area (Å²) in [6, 6.07) is 1.85. The molecule has 1 aromatic heterocycles. The number of ether oxygens (including phenoxy) is 1. The maximum Gasteiger partial charge on any atom is 0.309 e. The predicted molar refractivity (Wildman–Crippen MR) is 98.7 cm³/mol. The third kappa shape index (κ3) is 4.46. The minimum Gasteiger partial charge on any atom is -0.466 e. The number of hydrogen-bond acceptors (Lipinski definition) is 4. The Labute approximate surface area is 155 Å². The molecule has 6 heteroatoms. The van der Waals surface area contributed by atoms with E-state index in [1.54, 1.807) is 4.68 Å². The molecule has 2 fully saturated rings. The van der Waals surface area contributed by atoms with Crippen LogP contribution in [0.1, 0.15) is 61.6 Å².